The minimum atomic E-state index is 0. The fourth-order valence-corrected chi connectivity index (χ4v) is 3.79. The number of hydrogen-bond donors (Lipinski definition) is 2. The van der Waals surface area contributed by atoms with Crippen LogP contribution in [0.5, 0.6) is 11.5 Å². The Morgan fingerprint density at radius 2 is 1.97 bits per heavy atom. The molecule has 0 spiro atoms. The molecule has 1 aliphatic rings. The molecule has 2 N–H and O–H groups in total. The third kappa shape index (κ3) is 8.23. The van der Waals surface area contributed by atoms with Crippen molar-refractivity contribution in [3.05, 3.63) is 23.8 Å². The Bertz CT molecular complexity index is 697. The van der Waals surface area contributed by atoms with Crippen molar-refractivity contribution in [1.82, 2.24) is 10.6 Å². The van der Waals surface area contributed by atoms with Crippen molar-refractivity contribution in [2.24, 2.45) is 10.4 Å². The van der Waals surface area contributed by atoms with Crippen LogP contribution in [0.15, 0.2) is 23.2 Å². The van der Waals surface area contributed by atoms with Crippen molar-refractivity contribution in [3.63, 3.8) is 0 Å². The molecule has 6 nitrogen and oxygen atoms in total. The molecular weight excluding hydrogens is 493 g/mol. The number of aliphatic imine (C=N–C) groups is 1. The Kier molecular flexibility index (Phi) is 12.6. The molecule has 0 amide bonds. The molecule has 7 heteroatoms. The number of ether oxygens (including phenoxy) is 3. The second-order valence-electron chi connectivity index (χ2n) is 7.48. The summed E-state index contributed by atoms with van der Waals surface area (Å²) in [7, 11) is 3.39. The number of guanidine groups is 1. The van der Waals surface area contributed by atoms with Gasteiger partial charge >= 0.3 is 0 Å². The van der Waals surface area contributed by atoms with Crippen molar-refractivity contribution in [2.75, 3.05) is 40.5 Å². The summed E-state index contributed by atoms with van der Waals surface area (Å²) >= 11 is 0. The van der Waals surface area contributed by atoms with Crippen LogP contribution in [0.3, 0.4) is 0 Å². The van der Waals surface area contributed by atoms with Crippen LogP contribution in [0.1, 0.15) is 44.6 Å². The zero-order chi connectivity index (χ0) is 21.0. The molecule has 2 rings (SSSR count). The van der Waals surface area contributed by atoms with Crippen LogP contribution in [0.4, 0.5) is 0 Å². The molecule has 0 heterocycles. The number of nitrogens with zero attached hydrogens (tertiary/aromatic N) is 1. The molecule has 0 radical (unpaired) electrons. The lowest BCUT2D eigenvalue weighted by atomic mass is 9.83. The van der Waals surface area contributed by atoms with Crippen molar-refractivity contribution in [1.29, 1.82) is 0 Å². The average molecular weight is 529 g/mol. The van der Waals surface area contributed by atoms with Crippen molar-refractivity contribution in [2.45, 2.75) is 45.6 Å². The molecule has 0 aliphatic heterocycles. The number of benzene rings is 1. The Labute approximate surface area is 198 Å². The topological polar surface area (TPSA) is 64.1 Å². The van der Waals surface area contributed by atoms with Crippen LogP contribution in [-0.2, 0) is 11.3 Å². The average Bonchev–Trinajstić information content (AvgIpc) is 3.22. The van der Waals surface area contributed by atoms with Crippen molar-refractivity contribution < 1.29 is 14.2 Å². The highest BCUT2D eigenvalue weighted by molar-refractivity contribution is 14.0. The van der Waals surface area contributed by atoms with Gasteiger partial charge in [-0.3, -0.25) is 0 Å². The van der Waals surface area contributed by atoms with E-state index in [1.807, 2.05) is 18.2 Å². The van der Waals surface area contributed by atoms with Gasteiger partial charge in [0.1, 0.15) is 6.61 Å². The molecule has 0 saturated heterocycles. The molecule has 1 saturated carbocycles. The highest BCUT2D eigenvalue weighted by Crippen LogP contribution is 2.40. The third-order valence-electron chi connectivity index (χ3n) is 5.43. The van der Waals surface area contributed by atoms with Crippen LogP contribution >= 0.6 is 24.0 Å². The third-order valence-corrected chi connectivity index (χ3v) is 5.43. The van der Waals surface area contributed by atoms with Gasteiger partial charge in [0.2, 0.25) is 0 Å². The molecule has 1 aliphatic carbocycles. The maximum absolute atomic E-state index is 5.59. The predicted molar refractivity (Wildman–Crippen MR) is 133 cm³/mol. The van der Waals surface area contributed by atoms with Gasteiger partial charge < -0.3 is 24.8 Å². The molecule has 0 bridgehead atoms. The summed E-state index contributed by atoms with van der Waals surface area (Å²) in [5.41, 5.74) is 1.34. The number of hydrogen-bond acceptors (Lipinski definition) is 4. The molecule has 1 aromatic carbocycles. The quantitative estimate of drug-likeness (QED) is 0.197. The lowest BCUT2D eigenvalue weighted by Crippen LogP contribution is -2.43. The fraction of sp³-hybridized carbons (Fsp3) is 0.609. The molecular formula is C23H36IN3O3. The van der Waals surface area contributed by atoms with E-state index in [2.05, 4.69) is 23.5 Å². The van der Waals surface area contributed by atoms with E-state index >= 15 is 0 Å². The van der Waals surface area contributed by atoms with Crippen LogP contribution < -0.4 is 20.1 Å². The predicted octanol–water partition coefficient (Wildman–Crippen LogP) is 3.98. The zero-order valence-electron chi connectivity index (χ0n) is 18.5. The lowest BCUT2D eigenvalue weighted by molar-refractivity contribution is 0.138. The summed E-state index contributed by atoms with van der Waals surface area (Å²) in [5, 5.41) is 6.90. The second kappa shape index (κ2) is 14.4. The first-order valence-electron chi connectivity index (χ1n) is 10.4. The summed E-state index contributed by atoms with van der Waals surface area (Å²) in [6.45, 7) is 5.36. The number of nitrogens with one attached hydrogen (secondary N) is 2. The van der Waals surface area contributed by atoms with E-state index in [-0.39, 0.29) is 30.6 Å². The number of halogens is 1. The molecule has 0 unspecified atom stereocenters. The van der Waals surface area contributed by atoms with Crippen molar-refractivity contribution >= 4 is 29.9 Å². The number of terminal acetylenes is 1. The highest BCUT2D eigenvalue weighted by Gasteiger charge is 2.33. The SMILES string of the molecule is C#CCOc1cc(CN=C(NCC)NCC2(CCOC)CCCC2)ccc1OC.I. The lowest BCUT2D eigenvalue weighted by Gasteiger charge is -2.30. The van der Waals surface area contributed by atoms with Crippen LogP contribution in [-0.4, -0.2) is 46.5 Å². The minimum Gasteiger partial charge on any atom is -0.493 e. The van der Waals surface area contributed by atoms with Gasteiger partial charge in [-0.15, -0.1) is 30.4 Å². The van der Waals surface area contributed by atoms with Gasteiger partial charge in [-0.05, 0) is 49.3 Å². The van der Waals surface area contributed by atoms with Gasteiger partial charge in [0, 0.05) is 26.8 Å². The summed E-state index contributed by atoms with van der Waals surface area (Å²) in [6, 6.07) is 5.81. The van der Waals surface area contributed by atoms with E-state index in [1.165, 1.54) is 25.7 Å². The normalized spacial score (nSPS) is 15.1. The zero-order valence-corrected chi connectivity index (χ0v) is 20.8. The van der Waals surface area contributed by atoms with E-state index in [0.29, 0.717) is 23.5 Å². The van der Waals surface area contributed by atoms with Gasteiger partial charge in [-0.2, -0.15) is 0 Å². The number of rotatable bonds is 11. The summed E-state index contributed by atoms with van der Waals surface area (Å²) in [5.74, 6) is 4.62. The maximum atomic E-state index is 5.59. The smallest absolute Gasteiger partial charge is 0.191 e. The Morgan fingerprint density at radius 1 is 1.20 bits per heavy atom. The maximum Gasteiger partial charge on any atom is 0.191 e. The minimum absolute atomic E-state index is 0. The highest BCUT2D eigenvalue weighted by atomic mass is 127. The Morgan fingerprint density at radius 3 is 2.60 bits per heavy atom. The second-order valence-corrected chi connectivity index (χ2v) is 7.48. The molecule has 0 aromatic heterocycles. The van der Waals surface area contributed by atoms with Crippen molar-refractivity contribution in [3.8, 4) is 23.8 Å². The molecule has 168 valence electrons. The largest absolute Gasteiger partial charge is 0.493 e. The first kappa shape index (κ1) is 26.4. The van der Waals surface area contributed by atoms with Crippen LogP contribution in [0, 0.1) is 17.8 Å². The monoisotopic (exact) mass is 529 g/mol. The number of methoxy groups -OCH3 is 2. The van der Waals surface area contributed by atoms with E-state index in [1.54, 1.807) is 14.2 Å². The first-order valence-corrected chi connectivity index (χ1v) is 10.4. The van der Waals surface area contributed by atoms with Gasteiger partial charge in [0.25, 0.3) is 0 Å². The summed E-state index contributed by atoms with van der Waals surface area (Å²) in [4.78, 5) is 4.76. The van der Waals surface area contributed by atoms with E-state index in [4.69, 9.17) is 25.6 Å². The Hall–Kier alpha value is -1.66. The standard InChI is InChI=1S/C23H35N3O3.HI/c1-5-14-29-21-16-19(9-10-20(21)28-4)17-25-22(24-6-2)26-18-23(13-15-27-3)11-7-8-12-23;/h1,9-10,16H,6-8,11-15,17-18H2,2-4H3,(H2,24,25,26);1H. The Balaban J connectivity index is 0.00000450. The van der Waals surface area contributed by atoms with Gasteiger partial charge in [-0.1, -0.05) is 24.8 Å². The molecule has 1 fully saturated rings. The summed E-state index contributed by atoms with van der Waals surface area (Å²) in [6.07, 6.45) is 11.5. The van der Waals surface area contributed by atoms with Gasteiger partial charge in [0.05, 0.1) is 13.7 Å². The first-order chi connectivity index (χ1) is 14.2. The summed E-state index contributed by atoms with van der Waals surface area (Å²) < 4.78 is 16.3. The van der Waals surface area contributed by atoms with Gasteiger partial charge in [0.15, 0.2) is 17.5 Å². The van der Waals surface area contributed by atoms with Crippen LogP contribution in [0.25, 0.3) is 0 Å². The van der Waals surface area contributed by atoms with E-state index in [0.717, 1.165) is 37.6 Å². The van der Waals surface area contributed by atoms with Gasteiger partial charge in [-0.25, -0.2) is 4.99 Å². The molecule has 30 heavy (non-hydrogen) atoms. The fourth-order valence-electron chi connectivity index (χ4n) is 3.79. The van der Waals surface area contributed by atoms with E-state index < -0.39 is 0 Å². The molecule has 1 aromatic rings. The molecule has 0 atom stereocenters. The van der Waals surface area contributed by atoms with E-state index in [9.17, 15) is 0 Å². The van der Waals surface area contributed by atoms with Crippen LogP contribution in [0.2, 0.25) is 0 Å².